The van der Waals surface area contributed by atoms with Crippen molar-refractivity contribution in [2.45, 2.75) is 0 Å². The van der Waals surface area contributed by atoms with Gasteiger partial charge in [-0.25, -0.2) is 15.0 Å². The number of fused-ring (bicyclic) bond motifs is 13. The van der Waals surface area contributed by atoms with Gasteiger partial charge in [-0.3, -0.25) is 0 Å². The van der Waals surface area contributed by atoms with Crippen molar-refractivity contribution in [3.63, 3.8) is 0 Å². The van der Waals surface area contributed by atoms with Crippen molar-refractivity contribution in [1.82, 2.24) is 23.9 Å². The molecule has 5 aromatic heterocycles. The van der Waals surface area contributed by atoms with E-state index in [1.54, 1.807) is 0 Å². The Bertz CT molecular complexity index is 3850. The predicted octanol–water partition coefficient (Wildman–Crippen LogP) is 12.9. The smallest absolute Gasteiger partial charge is 0.166 e. The number of hydrogen-bond donors (Lipinski definition) is 0. The van der Waals surface area contributed by atoms with Gasteiger partial charge in [-0.15, -0.1) is 0 Å². The van der Waals surface area contributed by atoms with Gasteiger partial charge in [0.2, 0.25) is 0 Å². The molecule has 59 heavy (non-hydrogen) atoms. The number of nitriles is 1. The van der Waals surface area contributed by atoms with Gasteiger partial charge in [-0.2, -0.15) is 5.26 Å². The molecule has 0 atom stereocenters. The average Bonchev–Trinajstić information content (AvgIpc) is 4.05. The third-order valence-electron chi connectivity index (χ3n) is 11.9. The Morgan fingerprint density at radius 2 is 1.03 bits per heavy atom. The Balaban J connectivity index is 1.16. The average molecular weight is 753 g/mol. The predicted molar refractivity (Wildman–Crippen MR) is 237 cm³/mol. The summed E-state index contributed by atoms with van der Waals surface area (Å²) in [5.41, 5.74) is 10.5. The van der Waals surface area contributed by atoms with Crippen LogP contribution >= 0.6 is 0 Å². The molecule has 0 unspecified atom stereocenters. The van der Waals surface area contributed by atoms with Crippen LogP contribution in [-0.2, 0) is 0 Å². The molecule has 0 saturated carbocycles. The molecule has 7 heteroatoms. The van der Waals surface area contributed by atoms with Gasteiger partial charge < -0.3 is 13.4 Å². The van der Waals surface area contributed by atoms with E-state index in [0.717, 1.165) is 54.9 Å². The van der Waals surface area contributed by atoms with Crippen LogP contribution < -0.4 is 0 Å². The summed E-state index contributed by atoms with van der Waals surface area (Å²) in [5.74, 6) is 1.44. The van der Waals surface area contributed by atoms with Crippen LogP contribution in [0, 0.1) is 11.3 Å². The number of benzene rings is 8. The molecule has 0 saturated heterocycles. The first-order valence-electron chi connectivity index (χ1n) is 19.6. The van der Waals surface area contributed by atoms with E-state index in [1.807, 2.05) is 91.0 Å². The van der Waals surface area contributed by atoms with Crippen LogP contribution in [0.4, 0.5) is 0 Å². The molecule has 5 heterocycles. The zero-order valence-electron chi connectivity index (χ0n) is 31.3. The molecule has 0 aliphatic rings. The van der Waals surface area contributed by atoms with E-state index in [1.165, 1.54) is 32.6 Å². The first kappa shape index (κ1) is 31.8. The third kappa shape index (κ3) is 4.32. The minimum atomic E-state index is 0.402. The van der Waals surface area contributed by atoms with E-state index in [2.05, 4.69) is 93.9 Å². The topological polar surface area (TPSA) is 84.9 Å². The molecular weight excluding hydrogens is 725 g/mol. The summed E-state index contributed by atoms with van der Waals surface area (Å²) in [4.78, 5) is 15.2. The molecule has 0 bridgehead atoms. The maximum Gasteiger partial charge on any atom is 0.166 e. The summed E-state index contributed by atoms with van der Waals surface area (Å²) in [5, 5.41) is 20.0. The maximum atomic E-state index is 11.2. The number of rotatable bonds is 4. The van der Waals surface area contributed by atoms with Gasteiger partial charge >= 0.3 is 0 Å². The number of nitrogens with zero attached hydrogens (tertiary/aromatic N) is 6. The fraction of sp³-hybridized carbons (Fsp3) is 0. The van der Waals surface area contributed by atoms with Gasteiger partial charge in [0.05, 0.1) is 44.9 Å². The van der Waals surface area contributed by atoms with E-state index >= 15 is 0 Å². The second-order valence-electron chi connectivity index (χ2n) is 15.0. The van der Waals surface area contributed by atoms with Crippen molar-refractivity contribution in [2.24, 2.45) is 0 Å². The molecular formula is C52H28N6O. The number of para-hydroxylation sites is 4. The van der Waals surface area contributed by atoms with Crippen molar-refractivity contribution >= 4 is 81.8 Å². The van der Waals surface area contributed by atoms with Crippen molar-refractivity contribution in [3.8, 4) is 45.9 Å². The lowest BCUT2D eigenvalue weighted by molar-refractivity contribution is 0.666. The number of hydrogen-bond acceptors (Lipinski definition) is 5. The second-order valence-corrected chi connectivity index (χ2v) is 15.0. The van der Waals surface area contributed by atoms with Crippen LogP contribution in [0.25, 0.3) is 122 Å². The van der Waals surface area contributed by atoms with Crippen LogP contribution in [0.5, 0.6) is 0 Å². The molecule has 0 aliphatic carbocycles. The normalized spacial score (nSPS) is 12.1. The molecule has 272 valence electrons. The molecule has 0 N–H and O–H groups in total. The van der Waals surface area contributed by atoms with Crippen LogP contribution in [0.15, 0.2) is 174 Å². The molecule has 0 radical (unpaired) electrons. The summed E-state index contributed by atoms with van der Waals surface area (Å²) >= 11 is 0. The lowest BCUT2D eigenvalue weighted by atomic mass is 9.98. The molecule has 0 spiro atoms. The van der Waals surface area contributed by atoms with Crippen LogP contribution in [0.1, 0.15) is 5.56 Å². The van der Waals surface area contributed by atoms with Gasteiger partial charge in [0.15, 0.2) is 23.1 Å². The van der Waals surface area contributed by atoms with E-state index in [9.17, 15) is 5.26 Å². The third-order valence-corrected chi connectivity index (χ3v) is 11.9. The zero-order valence-corrected chi connectivity index (χ0v) is 31.3. The lowest BCUT2D eigenvalue weighted by Gasteiger charge is -2.14. The van der Waals surface area contributed by atoms with E-state index in [-0.39, 0.29) is 0 Å². The summed E-state index contributed by atoms with van der Waals surface area (Å²) in [7, 11) is 0. The van der Waals surface area contributed by atoms with Crippen molar-refractivity contribution in [3.05, 3.63) is 175 Å². The highest BCUT2D eigenvalue weighted by atomic mass is 16.3. The Labute approximate surface area is 335 Å². The van der Waals surface area contributed by atoms with Gasteiger partial charge in [0.1, 0.15) is 5.58 Å². The van der Waals surface area contributed by atoms with Gasteiger partial charge in [0.25, 0.3) is 0 Å². The monoisotopic (exact) mass is 752 g/mol. The zero-order chi connectivity index (χ0) is 38.8. The van der Waals surface area contributed by atoms with E-state index in [0.29, 0.717) is 39.8 Å². The minimum Gasteiger partial charge on any atom is -0.454 e. The maximum absolute atomic E-state index is 11.2. The van der Waals surface area contributed by atoms with E-state index < -0.39 is 0 Å². The highest BCUT2D eigenvalue weighted by molar-refractivity contribution is 6.33. The second kappa shape index (κ2) is 11.8. The van der Waals surface area contributed by atoms with Gasteiger partial charge in [-0.1, -0.05) is 133 Å². The number of furan rings is 1. The molecule has 0 amide bonds. The van der Waals surface area contributed by atoms with Gasteiger partial charge in [-0.05, 0) is 36.4 Å². The molecule has 13 aromatic rings. The van der Waals surface area contributed by atoms with Crippen LogP contribution in [0.3, 0.4) is 0 Å². The molecule has 13 rings (SSSR count). The summed E-state index contributed by atoms with van der Waals surface area (Å²) in [6, 6.07) is 60.6. The largest absolute Gasteiger partial charge is 0.454 e. The molecule has 0 fully saturated rings. The quantitative estimate of drug-likeness (QED) is 0.179. The fourth-order valence-electron chi connectivity index (χ4n) is 9.53. The Kier molecular flexibility index (Phi) is 6.38. The standard InChI is InChI=1S/C52H28N6O/c53-29-32-28-42(57-39-24-11-8-19-35(39)45-40(57)26-27-41-46(45)37-22-13-21-34-33-18-7-10-23-38(33)58(41)48(34)37)49-47(36-20-9-12-25-43(36)59-49)44(32)52-55-50(30-14-3-1-4-15-30)54-51(56-52)31-16-5-2-6-17-31/h1-28H. The highest BCUT2D eigenvalue weighted by Crippen LogP contribution is 2.47. The Morgan fingerprint density at radius 3 is 1.78 bits per heavy atom. The van der Waals surface area contributed by atoms with E-state index in [4.69, 9.17) is 19.4 Å². The summed E-state index contributed by atoms with van der Waals surface area (Å²) < 4.78 is 11.6. The highest BCUT2D eigenvalue weighted by Gasteiger charge is 2.28. The SMILES string of the molecule is N#Cc1cc(-n2c3ccccc3c3c4c5cccc6c7ccccc7n(c4ccc32)c65)c2oc3ccccc3c2c1-c1nc(-c2ccccc2)nc(-c2ccccc2)n1. The minimum absolute atomic E-state index is 0.402. The Hall–Kier alpha value is -8.34. The molecule has 7 nitrogen and oxygen atoms in total. The molecule has 8 aromatic carbocycles. The lowest BCUT2D eigenvalue weighted by Crippen LogP contribution is -2.03. The fourth-order valence-corrected chi connectivity index (χ4v) is 9.53. The summed E-state index contributed by atoms with van der Waals surface area (Å²) in [6.07, 6.45) is 0. The van der Waals surface area contributed by atoms with Crippen molar-refractivity contribution in [1.29, 1.82) is 5.26 Å². The summed E-state index contributed by atoms with van der Waals surface area (Å²) in [6.45, 7) is 0. The first-order chi connectivity index (χ1) is 29.2. The van der Waals surface area contributed by atoms with Crippen molar-refractivity contribution < 1.29 is 4.42 Å². The van der Waals surface area contributed by atoms with Crippen LogP contribution in [0.2, 0.25) is 0 Å². The van der Waals surface area contributed by atoms with Crippen molar-refractivity contribution in [2.75, 3.05) is 0 Å². The van der Waals surface area contributed by atoms with Crippen LogP contribution in [-0.4, -0.2) is 23.9 Å². The van der Waals surface area contributed by atoms with Gasteiger partial charge in [0, 0.05) is 59.8 Å². The first-order valence-corrected chi connectivity index (χ1v) is 19.6. The molecule has 0 aliphatic heterocycles. The Morgan fingerprint density at radius 1 is 0.458 bits per heavy atom. The number of aromatic nitrogens is 5.